The molecule has 2 aromatic rings. The monoisotopic (exact) mass is 406 g/mol. The Morgan fingerprint density at radius 3 is 2.30 bits per heavy atom. The Kier molecular flexibility index (Phi) is 6.83. The third-order valence-corrected chi connectivity index (χ3v) is 6.29. The van der Waals surface area contributed by atoms with E-state index in [4.69, 9.17) is 23.2 Å². The van der Waals surface area contributed by atoms with Gasteiger partial charge in [0.1, 0.15) is 0 Å². The predicted molar refractivity (Wildman–Crippen MR) is 114 cm³/mol. The second kappa shape index (κ2) is 8.93. The molecule has 1 aliphatic rings. The number of piperidine rings is 1. The zero-order chi connectivity index (χ0) is 19.4. The van der Waals surface area contributed by atoms with Crippen LogP contribution in [-0.2, 0) is 5.60 Å². The Balaban J connectivity index is 1.76. The molecule has 27 heavy (non-hydrogen) atoms. The maximum Gasteiger partial charge on any atom is 0.0920 e. The smallest absolute Gasteiger partial charge is 0.0920 e. The molecule has 0 spiro atoms. The number of benzene rings is 2. The Labute approximate surface area is 172 Å². The number of likely N-dealkylation sites (tertiary alicyclic amines) is 1. The molecule has 3 rings (SSSR count). The summed E-state index contributed by atoms with van der Waals surface area (Å²) in [6.45, 7) is 2.69. The second-order valence-electron chi connectivity index (χ2n) is 7.71. The van der Waals surface area contributed by atoms with E-state index in [-0.39, 0.29) is 6.04 Å². The molecule has 0 aromatic heterocycles. The molecule has 0 radical (unpaired) electrons. The van der Waals surface area contributed by atoms with Gasteiger partial charge in [-0.05, 0) is 63.2 Å². The summed E-state index contributed by atoms with van der Waals surface area (Å²) in [7, 11) is 4.19. The first kappa shape index (κ1) is 20.6. The number of aliphatic hydroxyl groups is 1. The average Bonchev–Trinajstić information content (AvgIpc) is 2.66. The van der Waals surface area contributed by atoms with Gasteiger partial charge < -0.3 is 10.0 Å². The lowest BCUT2D eigenvalue weighted by atomic mass is 9.83. The van der Waals surface area contributed by atoms with E-state index in [2.05, 4.69) is 30.0 Å². The minimum atomic E-state index is -0.735. The lowest BCUT2D eigenvalue weighted by molar-refractivity contribution is -0.0374. The molecule has 1 heterocycles. The second-order valence-corrected chi connectivity index (χ2v) is 8.53. The average molecular weight is 407 g/mol. The van der Waals surface area contributed by atoms with E-state index >= 15 is 0 Å². The van der Waals surface area contributed by atoms with E-state index in [0.29, 0.717) is 10.0 Å². The number of hydrogen-bond donors (Lipinski definition) is 1. The van der Waals surface area contributed by atoms with Gasteiger partial charge in [-0.3, -0.25) is 4.90 Å². The molecule has 2 aromatic carbocycles. The highest BCUT2D eigenvalue weighted by atomic mass is 35.5. The van der Waals surface area contributed by atoms with Crippen molar-refractivity contribution >= 4 is 23.2 Å². The highest BCUT2D eigenvalue weighted by Gasteiger charge is 2.36. The van der Waals surface area contributed by atoms with Crippen LogP contribution in [0.15, 0.2) is 48.5 Å². The summed E-state index contributed by atoms with van der Waals surface area (Å²) in [5.41, 5.74) is 1.47. The van der Waals surface area contributed by atoms with Gasteiger partial charge in [-0.15, -0.1) is 0 Å². The fraction of sp³-hybridized carbons (Fsp3) is 0.455. The first-order valence-corrected chi connectivity index (χ1v) is 10.3. The van der Waals surface area contributed by atoms with Gasteiger partial charge in [0.05, 0.1) is 15.6 Å². The molecule has 1 aliphatic heterocycles. The maximum absolute atomic E-state index is 11.1. The summed E-state index contributed by atoms with van der Waals surface area (Å²) >= 11 is 12.4. The molecule has 1 saturated heterocycles. The standard InChI is InChI=1S/C22H28Cl2N2O/c1-25(2)13-10-21(17-8-9-19(23)20(24)16-17)26-14-11-22(27,12-15-26)18-6-4-3-5-7-18/h3-9,16,21,27H,10-15H2,1-2H3. The van der Waals surface area contributed by atoms with Crippen molar-refractivity contribution in [3.8, 4) is 0 Å². The van der Waals surface area contributed by atoms with E-state index in [1.807, 2.05) is 42.5 Å². The number of hydrogen-bond acceptors (Lipinski definition) is 3. The summed E-state index contributed by atoms with van der Waals surface area (Å²) in [6, 6.07) is 16.2. The van der Waals surface area contributed by atoms with Crippen LogP contribution < -0.4 is 0 Å². The minimum Gasteiger partial charge on any atom is -0.385 e. The van der Waals surface area contributed by atoms with Crippen molar-refractivity contribution in [1.82, 2.24) is 9.80 Å². The molecule has 1 atom stereocenters. The molecule has 146 valence electrons. The van der Waals surface area contributed by atoms with Gasteiger partial charge in [-0.2, -0.15) is 0 Å². The minimum absolute atomic E-state index is 0.266. The highest BCUT2D eigenvalue weighted by molar-refractivity contribution is 6.42. The van der Waals surface area contributed by atoms with Crippen LogP contribution >= 0.6 is 23.2 Å². The van der Waals surface area contributed by atoms with Crippen LogP contribution in [0.5, 0.6) is 0 Å². The Morgan fingerprint density at radius 2 is 1.70 bits per heavy atom. The van der Waals surface area contributed by atoms with E-state index in [1.54, 1.807) is 0 Å². The molecule has 1 unspecified atom stereocenters. The molecular weight excluding hydrogens is 379 g/mol. The van der Waals surface area contributed by atoms with Gasteiger partial charge in [0, 0.05) is 19.1 Å². The van der Waals surface area contributed by atoms with Gasteiger partial charge in [-0.1, -0.05) is 59.6 Å². The van der Waals surface area contributed by atoms with Crippen LogP contribution in [-0.4, -0.2) is 48.6 Å². The summed E-state index contributed by atoms with van der Waals surface area (Å²) in [6.07, 6.45) is 2.47. The van der Waals surface area contributed by atoms with Crippen LogP contribution in [0.1, 0.15) is 36.4 Å². The zero-order valence-corrected chi connectivity index (χ0v) is 17.5. The van der Waals surface area contributed by atoms with Crippen molar-refractivity contribution in [2.45, 2.75) is 30.9 Å². The van der Waals surface area contributed by atoms with Crippen LogP contribution in [0.4, 0.5) is 0 Å². The molecule has 0 saturated carbocycles. The third kappa shape index (κ3) is 5.04. The molecule has 1 fully saturated rings. The topological polar surface area (TPSA) is 26.7 Å². The fourth-order valence-electron chi connectivity index (χ4n) is 3.90. The van der Waals surface area contributed by atoms with Crippen LogP contribution in [0, 0.1) is 0 Å². The van der Waals surface area contributed by atoms with E-state index in [9.17, 15) is 5.11 Å². The number of halogens is 2. The lowest BCUT2D eigenvalue weighted by Gasteiger charge is -2.42. The van der Waals surface area contributed by atoms with Gasteiger partial charge in [0.25, 0.3) is 0 Å². The Morgan fingerprint density at radius 1 is 1.04 bits per heavy atom. The van der Waals surface area contributed by atoms with Crippen molar-refractivity contribution in [1.29, 1.82) is 0 Å². The molecule has 0 aliphatic carbocycles. The predicted octanol–water partition coefficient (Wildman–Crippen LogP) is 4.97. The van der Waals surface area contributed by atoms with Crippen molar-refractivity contribution in [2.24, 2.45) is 0 Å². The molecule has 1 N–H and O–H groups in total. The van der Waals surface area contributed by atoms with Gasteiger partial charge in [-0.25, -0.2) is 0 Å². The first-order valence-electron chi connectivity index (χ1n) is 9.51. The lowest BCUT2D eigenvalue weighted by Crippen LogP contribution is -2.44. The maximum atomic E-state index is 11.1. The van der Waals surface area contributed by atoms with Crippen LogP contribution in [0.25, 0.3) is 0 Å². The highest BCUT2D eigenvalue weighted by Crippen LogP contribution is 2.37. The van der Waals surface area contributed by atoms with E-state index in [1.165, 1.54) is 5.56 Å². The van der Waals surface area contributed by atoms with Crippen molar-refractivity contribution in [3.63, 3.8) is 0 Å². The van der Waals surface area contributed by atoms with E-state index in [0.717, 1.165) is 44.5 Å². The molecular formula is C22H28Cl2N2O. The summed E-state index contributed by atoms with van der Waals surface area (Å²) in [4.78, 5) is 4.68. The summed E-state index contributed by atoms with van der Waals surface area (Å²) in [5, 5.41) is 12.3. The number of nitrogens with zero attached hydrogens (tertiary/aromatic N) is 2. The SMILES string of the molecule is CN(C)CCC(c1ccc(Cl)c(Cl)c1)N1CCC(O)(c2ccccc2)CC1. The van der Waals surface area contributed by atoms with E-state index < -0.39 is 5.60 Å². The Hall–Kier alpha value is -1.10. The van der Waals surface area contributed by atoms with Gasteiger partial charge >= 0.3 is 0 Å². The normalized spacial score (nSPS) is 18.6. The van der Waals surface area contributed by atoms with Gasteiger partial charge in [0.2, 0.25) is 0 Å². The fourth-order valence-corrected chi connectivity index (χ4v) is 4.21. The Bertz CT molecular complexity index is 743. The third-order valence-electron chi connectivity index (χ3n) is 5.56. The van der Waals surface area contributed by atoms with Crippen molar-refractivity contribution in [3.05, 3.63) is 69.7 Å². The zero-order valence-electron chi connectivity index (χ0n) is 16.0. The molecule has 0 amide bonds. The quantitative estimate of drug-likeness (QED) is 0.733. The van der Waals surface area contributed by atoms with Gasteiger partial charge in [0.15, 0.2) is 0 Å². The largest absolute Gasteiger partial charge is 0.385 e. The van der Waals surface area contributed by atoms with Crippen molar-refractivity contribution in [2.75, 3.05) is 33.7 Å². The summed E-state index contributed by atoms with van der Waals surface area (Å²) < 4.78 is 0. The molecule has 5 heteroatoms. The molecule has 3 nitrogen and oxygen atoms in total. The van der Waals surface area contributed by atoms with Crippen molar-refractivity contribution < 1.29 is 5.11 Å². The van der Waals surface area contributed by atoms with Crippen LogP contribution in [0.3, 0.4) is 0 Å². The first-order chi connectivity index (χ1) is 12.9. The molecule has 0 bridgehead atoms. The number of rotatable bonds is 6. The van der Waals surface area contributed by atoms with Crippen LogP contribution in [0.2, 0.25) is 10.0 Å². The summed E-state index contributed by atoms with van der Waals surface area (Å²) in [5.74, 6) is 0.